The molecule has 1 aliphatic carbocycles. The van der Waals surface area contributed by atoms with Crippen molar-refractivity contribution in [3.8, 4) is 0 Å². The minimum atomic E-state index is -0.874. The third-order valence-electron chi connectivity index (χ3n) is 3.30. The highest BCUT2D eigenvalue weighted by atomic mass is 32.1. The van der Waals surface area contributed by atoms with Crippen LogP contribution in [0.1, 0.15) is 46.1 Å². The number of aromatic nitrogens is 1. The van der Waals surface area contributed by atoms with Crippen molar-refractivity contribution in [2.24, 2.45) is 0 Å². The van der Waals surface area contributed by atoms with Crippen LogP contribution in [0.5, 0.6) is 0 Å². The summed E-state index contributed by atoms with van der Waals surface area (Å²) in [4.78, 5) is 28.0. The zero-order valence-corrected chi connectivity index (χ0v) is 11.3. The number of rotatable bonds is 4. The summed E-state index contributed by atoms with van der Waals surface area (Å²) in [7, 11) is 0. The number of nitrogens with one attached hydrogen (secondary N) is 1. The fourth-order valence-electron chi connectivity index (χ4n) is 2.28. The van der Waals surface area contributed by atoms with Crippen LogP contribution in [0.2, 0.25) is 0 Å². The van der Waals surface area contributed by atoms with Crippen LogP contribution in [-0.2, 0) is 4.79 Å². The van der Waals surface area contributed by atoms with Crippen molar-refractivity contribution in [2.45, 2.75) is 45.1 Å². The normalized spacial score (nSPS) is 17.0. The number of hydrogen-bond acceptors (Lipinski definition) is 4. The van der Waals surface area contributed by atoms with Gasteiger partial charge in [0.15, 0.2) is 0 Å². The van der Waals surface area contributed by atoms with Crippen LogP contribution in [0.3, 0.4) is 0 Å². The van der Waals surface area contributed by atoms with E-state index in [1.807, 2.05) is 13.8 Å². The molecule has 1 amide bonds. The molecule has 1 aromatic rings. The van der Waals surface area contributed by atoms with Crippen LogP contribution in [0.15, 0.2) is 0 Å². The molecule has 2 N–H and O–H groups in total. The first kappa shape index (κ1) is 13.0. The van der Waals surface area contributed by atoms with E-state index in [2.05, 4.69) is 10.3 Å². The molecule has 98 valence electrons. The van der Waals surface area contributed by atoms with Crippen LogP contribution < -0.4 is 5.32 Å². The summed E-state index contributed by atoms with van der Waals surface area (Å²) < 4.78 is 0. The van der Waals surface area contributed by atoms with Gasteiger partial charge in [-0.1, -0.05) is 0 Å². The van der Waals surface area contributed by atoms with Gasteiger partial charge in [-0.2, -0.15) is 0 Å². The number of carbonyl (C=O) groups excluding carboxylic acids is 1. The van der Waals surface area contributed by atoms with Gasteiger partial charge in [0.25, 0.3) is 5.91 Å². The molecule has 0 radical (unpaired) electrons. The van der Waals surface area contributed by atoms with E-state index in [4.69, 9.17) is 5.11 Å². The second kappa shape index (κ2) is 4.68. The largest absolute Gasteiger partial charge is 0.481 e. The average Bonchev–Trinajstić information content (AvgIpc) is 2.53. The lowest BCUT2D eigenvalue weighted by atomic mass is 9.74. The SMILES string of the molecule is Cc1nc(C(=O)NC2(CC(=O)O)CCC2)c(C)s1. The molecule has 0 aromatic carbocycles. The number of aryl methyl sites for hydroxylation is 2. The van der Waals surface area contributed by atoms with E-state index in [0.717, 1.165) is 29.1 Å². The number of carbonyl (C=O) groups is 2. The Morgan fingerprint density at radius 2 is 2.11 bits per heavy atom. The number of carboxylic acids is 1. The van der Waals surface area contributed by atoms with Crippen molar-refractivity contribution in [1.29, 1.82) is 0 Å². The van der Waals surface area contributed by atoms with Gasteiger partial charge < -0.3 is 10.4 Å². The van der Waals surface area contributed by atoms with Crippen molar-refractivity contribution in [2.75, 3.05) is 0 Å². The van der Waals surface area contributed by atoms with Crippen molar-refractivity contribution in [3.05, 3.63) is 15.6 Å². The topological polar surface area (TPSA) is 79.3 Å². The second-order valence-corrected chi connectivity index (χ2v) is 6.20. The van der Waals surface area contributed by atoms with Gasteiger partial charge in [-0.15, -0.1) is 11.3 Å². The van der Waals surface area contributed by atoms with Crippen molar-refractivity contribution >= 4 is 23.2 Å². The molecule has 0 saturated heterocycles. The van der Waals surface area contributed by atoms with Gasteiger partial charge in [0.2, 0.25) is 0 Å². The smallest absolute Gasteiger partial charge is 0.305 e. The molecule has 2 rings (SSSR count). The Hall–Kier alpha value is -1.43. The van der Waals surface area contributed by atoms with Crippen LogP contribution in [0.4, 0.5) is 0 Å². The molecule has 0 aliphatic heterocycles. The van der Waals surface area contributed by atoms with Gasteiger partial charge in [-0.05, 0) is 33.1 Å². The van der Waals surface area contributed by atoms with Crippen molar-refractivity contribution in [1.82, 2.24) is 10.3 Å². The Labute approximate surface area is 109 Å². The summed E-state index contributed by atoms with van der Waals surface area (Å²) in [5.41, 5.74) is -0.137. The van der Waals surface area contributed by atoms with Crippen LogP contribution in [0, 0.1) is 13.8 Å². The van der Waals surface area contributed by atoms with Gasteiger partial charge in [-0.25, -0.2) is 4.98 Å². The molecule has 18 heavy (non-hydrogen) atoms. The summed E-state index contributed by atoms with van der Waals surface area (Å²) in [6, 6.07) is 0. The Morgan fingerprint density at radius 1 is 1.44 bits per heavy atom. The maximum Gasteiger partial charge on any atom is 0.305 e. The van der Waals surface area contributed by atoms with Crippen LogP contribution >= 0.6 is 11.3 Å². The molecule has 1 heterocycles. The van der Waals surface area contributed by atoms with Gasteiger partial charge in [0.05, 0.1) is 17.0 Å². The summed E-state index contributed by atoms with van der Waals surface area (Å²) in [6.45, 7) is 3.70. The molecule has 1 saturated carbocycles. The molecule has 0 atom stereocenters. The molecule has 1 aromatic heterocycles. The molecular formula is C12H16N2O3S. The maximum atomic E-state index is 12.1. The van der Waals surface area contributed by atoms with Gasteiger partial charge >= 0.3 is 5.97 Å². The first-order chi connectivity index (χ1) is 8.42. The Bertz CT molecular complexity index is 492. The molecule has 5 nitrogen and oxygen atoms in total. The Morgan fingerprint density at radius 3 is 2.50 bits per heavy atom. The zero-order chi connectivity index (χ0) is 13.3. The highest BCUT2D eigenvalue weighted by Gasteiger charge is 2.40. The van der Waals surface area contributed by atoms with Crippen molar-refractivity contribution < 1.29 is 14.7 Å². The third kappa shape index (κ3) is 2.53. The van der Waals surface area contributed by atoms with Crippen LogP contribution in [-0.4, -0.2) is 27.5 Å². The first-order valence-electron chi connectivity index (χ1n) is 5.90. The molecule has 1 fully saturated rings. The lowest BCUT2D eigenvalue weighted by Crippen LogP contribution is -2.54. The molecule has 0 bridgehead atoms. The lowest BCUT2D eigenvalue weighted by molar-refractivity contribution is -0.139. The van der Waals surface area contributed by atoms with Gasteiger partial charge in [0.1, 0.15) is 5.69 Å². The summed E-state index contributed by atoms with van der Waals surface area (Å²) in [5.74, 6) is -1.13. The number of aliphatic carboxylic acids is 1. The summed E-state index contributed by atoms with van der Waals surface area (Å²) >= 11 is 1.47. The molecule has 0 spiro atoms. The minimum absolute atomic E-state index is 0.0130. The predicted molar refractivity (Wildman–Crippen MR) is 67.9 cm³/mol. The number of nitrogens with zero attached hydrogens (tertiary/aromatic N) is 1. The van der Waals surface area contributed by atoms with E-state index in [1.165, 1.54) is 11.3 Å². The summed E-state index contributed by atoms with van der Waals surface area (Å²) in [6.07, 6.45) is 2.41. The minimum Gasteiger partial charge on any atom is -0.481 e. The van der Waals surface area contributed by atoms with Crippen LogP contribution in [0.25, 0.3) is 0 Å². The molecule has 0 unspecified atom stereocenters. The Kier molecular flexibility index (Phi) is 3.38. The van der Waals surface area contributed by atoms with E-state index in [9.17, 15) is 9.59 Å². The number of amides is 1. The lowest BCUT2D eigenvalue weighted by Gasteiger charge is -2.41. The highest BCUT2D eigenvalue weighted by molar-refractivity contribution is 7.11. The molecule has 1 aliphatic rings. The number of carboxylic acid groups (broad SMARTS) is 1. The fraction of sp³-hybridized carbons (Fsp3) is 0.583. The Balaban J connectivity index is 2.11. The first-order valence-corrected chi connectivity index (χ1v) is 6.72. The van der Waals surface area contributed by atoms with Crippen molar-refractivity contribution in [3.63, 3.8) is 0 Å². The number of thiazole rings is 1. The summed E-state index contributed by atoms with van der Waals surface area (Å²) in [5, 5.41) is 12.6. The quantitative estimate of drug-likeness (QED) is 0.874. The standard InChI is InChI=1S/C12H16N2O3S/c1-7-10(13-8(2)18-7)11(17)14-12(4-3-5-12)6-9(15)16/h3-6H2,1-2H3,(H,14,17)(H,15,16). The number of hydrogen-bond donors (Lipinski definition) is 2. The van der Waals surface area contributed by atoms with E-state index >= 15 is 0 Å². The highest BCUT2D eigenvalue weighted by Crippen LogP contribution is 2.35. The average molecular weight is 268 g/mol. The second-order valence-electron chi connectivity index (χ2n) is 4.80. The maximum absolute atomic E-state index is 12.1. The van der Waals surface area contributed by atoms with Gasteiger partial charge in [0, 0.05) is 4.88 Å². The molecule has 6 heteroatoms. The predicted octanol–water partition coefficient (Wildman–Crippen LogP) is 1.89. The van der Waals surface area contributed by atoms with E-state index in [1.54, 1.807) is 0 Å². The van der Waals surface area contributed by atoms with E-state index < -0.39 is 11.5 Å². The fourth-order valence-corrected chi connectivity index (χ4v) is 3.09. The molecular weight excluding hydrogens is 252 g/mol. The third-order valence-corrected chi connectivity index (χ3v) is 4.18. The zero-order valence-electron chi connectivity index (χ0n) is 10.4. The van der Waals surface area contributed by atoms with Gasteiger partial charge in [-0.3, -0.25) is 9.59 Å². The van der Waals surface area contributed by atoms with E-state index in [0.29, 0.717) is 5.69 Å². The monoisotopic (exact) mass is 268 g/mol. The van der Waals surface area contributed by atoms with E-state index in [-0.39, 0.29) is 12.3 Å².